The first-order valence-corrected chi connectivity index (χ1v) is 6.91. The van der Waals surface area contributed by atoms with Gasteiger partial charge in [0, 0.05) is 12.5 Å². The average molecular weight is 289 g/mol. The predicted octanol–water partition coefficient (Wildman–Crippen LogP) is 2.85. The molecule has 0 radical (unpaired) electrons. The Morgan fingerprint density at radius 2 is 1.76 bits per heavy atom. The molecule has 114 valence electrons. The van der Waals surface area contributed by atoms with Crippen LogP contribution in [0.15, 0.2) is 30.3 Å². The molecule has 0 aliphatic heterocycles. The fraction of sp³-hybridized carbons (Fsp3) is 0.412. The third-order valence-electron chi connectivity index (χ3n) is 2.59. The van der Waals surface area contributed by atoms with E-state index in [2.05, 4.69) is 5.32 Å². The van der Waals surface area contributed by atoms with Crippen molar-refractivity contribution in [1.29, 1.82) is 0 Å². The van der Waals surface area contributed by atoms with Crippen LogP contribution in [-0.4, -0.2) is 23.5 Å². The van der Waals surface area contributed by atoms with Crippen molar-refractivity contribution < 1.29 is 14.3 Å². The van der Waals surface area contributed by atoms with Gasteiger partial charge >= 0.3 is 5.97 Å². The molecule has 1 unspecified atom stereocenters. The van der Waals surface area contributed by atoms with Gasteiger partial charge in [-0.2, -0.15) is 0 Å². The molecule has 0 spiro atoms. The van der Waals surface area contributed by atoms with Crippen LogP contribution in [0.2, 0.25) is 0 Å². The van der Waals surface area contributed by atoms with Gasteiger partial charge in [-0.05, 0) is 39.3 Å². The zero-order chi connectivity index (χ0) is 16.0. The van der Waals surface area contributed by atoms with Crippen LogP contribution in [0.25, 0.3) is 6.08 Å². The standard InChI is InChI=1S/C17H23NO3/c1-12-6-8-14(9-7-12)10-11-15(21-13(2)19)16(20)18-17(3,4)5/h6-11,15H,1-5H3,(H,18,20)/b11-10+. The summed E-state index contributed by atoms with van der Waals surface area (Å²) in [4.78, 5) is 23.3. The highest BCUT2D eigenvalue weighted by Gasteiger charge is 2.23. The lowest BCUT2D eigenvalue weighted by atomic mass is 10.1. The van der Waals surface area contributed by atoms with Gasteiger partial charge in [-0.1, -0.05) is 35.9 Å². The molecule has 1 aromatic carbocycles. The maximum Gasteiger partial charge on any atom is 0.303 e. The molecule has 1 N–H and O–H groups in total. The van der Waals surface area contributed by atoms with Crippen LogP contribution in [0.5, 0.6) is 0 Å². The lowest BCUT2D eigenvalue weighted by Crippen LogP contribution is -2.46. The van der Waals surface area contributed by atoms with Crippen molar-refractivity contribution in [2.75, 3.05) is 0 Å². The predicted molar refractivity (Wildman–Crippen MR) is 83.7 cm³/mol. The molecule has 0 saturated heterocycles. The number of ether oxygens (including phenoxy) is 1. The van der Waals surface area contributed by atoms with Crippen molar-refractivity contribution in [3.8, 4) is 0 Å². The fourth-order valence-corrected chi connectivity index (χ4v) is 1.68. The topological polar surface area (TPSA) is 55.4 Å². The number of rotatable bonds is 4. The molecule has 0 saturated carbocycles. The zero-order valence-corrected chi connectivity index (χ0v) is 13.3. The molecule has 0 fully saturated rings. The number of benzene rings is 1. The summed E-state index contributed by atoms with van der Waals surface area (Å²) in [5, 5.41) is 2.80. The minimum atomic E-state index is -0.928. The number of nitrogens with one attached hydrogen (secondary N) is 1. The number of hydrogen-bond acceptors (Lipinski definition) is 3. The largest absolute Gasteiger partial charge is 0.448 e. The van der Waals surface area contributed by atoms with Crippen molar-refractivity contribution in [1.82, 2.24) is 5.32 Å². The Kier molecular flexibility index (Phi) is 5.70. The number of carbonyl (C=O) groups excluding carboxylic acids is 2. The molecule has 0 heterocycles. The van der Waals surface area contributed by atoms with Gasteiger partial charge in [0.05, 0.1) is 0 Å². The Balaban J connectivity index is 2.84. The van der Waals surface area contributed by atoms with Crippen LogP contribution in [0.1, 0.15) is 38.8 Å². The van der Waals surface area contributed by atoms with Crippen molar-refractivity contribution in [2.24, 2.45) is 0 Å². The summed E-state index contributed by atoms with van der Waals surface area (Å²) < 4.78 is 5.07. The average Bonchev–Trinajstić information content (AvgIpc) is 2.33. The minimum absolute atomic E-state index is 0.332. The third kappa shape index (κ3) is 6.75. The Labute approximate surface area is 126 Å². The number of hydrogen-bond donors (Lipinski definition) is 1. The van der Waals surface area contributed by atoms with E-state index in [-0.39, 0.29) is 11.4 Å². The first-order chi connectivity index (χ1) is 9.67. The summed E-state index contributed by atoms with van der Waals surface area (Å²) >= 11 is 0. The molecule has 4 heteroatoms. The van der Waals surface area contributed by atoms with Crippen LogP contribution in [0.4, 0.5) is 0 Å². The van der Waals surface area contributed by atoms with E-state index in [0.29, 0.717) is 0 Å². The van der Waals surface area contributed by atoms with Crippen molar-refractivity contribution >= 4 is 18.0 Å². The Hall–Kier alpha value is -2.10. The lowest BCUT2D eigenvalue weighted by molar-refractivity contribution is -0.151. The molecule has 21 heavy (non-hydrogen) atoms. The van der Waals surface area contributed by atoms with Gasteiger partial charge < -0.3 is 10.1 Å². The highest BCUT2D eigenvalue weighted by molar-refractivity contribution is 5.86. The third-order valence-corrected chi connectivity index (χ3v) is 2.59. The van der Waals surface area contributed by atoms with E-state index < -0.39 is 12.1 Å². The summed E-state index contributed by atoms with van der Waals surface area (Å²) in [6.45, 7) is 8.92. The van der Waals surface area contributed by atoms with Gasteiger partial charge in [0.1, 0.15) is 0 Å². The molecule has 1 amide bonds. The molecule has 1 rings (SSSR count). The first kappa shape index (κ1) is 17.0. The van der Waals surface area contributed by atoms with Gasteiger partial charge in [0.15, 0.2) is 6.10 Å². The molecule has 1 atom stereocenters. The molecule has 0 bridgehead atoms. The van der Waals surface area contributed by atoms with Gasteiger partial charge in [-0.15, -0.1) is 0 Å². The van der Waals surface area contributed by atoms with Crippen LogP contribution in [0, 0.1) is 6.92 Å². The molecule has 0 aliphatic carbocycles. The van der Waals surface area contributed by atoms with Crippen LogP contribution in [0.3, 0.4) is 0 Å². The number of amides is 1. The van der Waals surface area contributed by atoms with Crippen LogP contribution >= 0.6 is 0 Å². The fourth-order valence-electron chi connectivity index (χ4n) is 1.68. The van der Waals surface area contributed by atoms with Crippen LogP contribution in [-0.2, 0) is 14.3 Å². The van der Waals surface area contributed by atoms with Crippen molar-refractivity contribution in [3.63, 3.8) is 0 Å². The second-order valence-corrected chi connectivity index (χ2v) is 6.04. The molecular formula is C17H23NO3. The molecule has 4 nitrogen and oxygen atoms in total. The Bertz CT molecular complexity index is 524. The normalized spacial score (nSPS) is 13.0. The van der Waals surface area contributed by atoms with E-state index in [0.717, 1.165) is 11.1 Å². The zero-order valence-electron chi connectivity index (χ0n) is 13.3. The highest BCUT2D eigenvalue weighted by atomic mass is 16.5. The lowest BCUT2D eigenvalue weighted by Gasteiger charge is -2.23. The SMILES string of the molecule is CC(=O)OC(/C=C/c1ccc(C)cc1)C(=O)NC(C)(C)C. The summed E-state index contributed by atoms with van der Waals surface area (Å²) in [5.74, 6) is -0.821. The van der Waals surface area contributed by atoms with Gasteiger partial charge in [0.2, 0.25) is 0 Å². The van der Waals surface area contributed by atoms with E-state index in [9.17, 15) is 9.59 Å². The molecule has 0 aromatic heterocycles. The van der Waals surface area contributed by atoms with E-state index in [1.54, 1.807) is 12.2 Å². The van der Waals surface area contributed by atoms with Crippen LogP contribution < -0.4 is 5.32 Å². The summed E-state index contributed by atoms with van der Waals surface area (Å²) in [5.41, 5.74) is 1.73. The monoisotopic (exact) mass is 289 g/mol. The Morgan fingerprint density at radius 3 is 2.24 bits per heavy atom. The second-order valence-electron chi connectivity index (χ2n) is 6.04. The Morgan fingerprint density at radius 1 is 1.19 bits per heavy atom. The van der Waals surface area contributed by atoms with Crippen molar-refractivity contribution in [3.05, 3.63) is 41.5 Å². The van der Waals surface area contributed by atoms with Gasteiger partial charge in [0.25, 0.3) is 5.91 Å². The highest BCUT2D eigenvalue weighted by Crippen LogP contribution is 2.08. The molecular weight excluding hydrogens is 266 g/mol. The van der Waals surface area contributed by atoms with Crippen molar-refractivity contribution in [2.45, 2.75) is 46.3 Å². The number of aryl methyl sites for hydroxylation is 1. The maximum atomic E-state index is 12.1. The summed E-state index contributed by atoms with van der Waals surface area (Å²) in [6, 6.07) is 7.85. The summed E-state index contributed by atoms with van der Waals surface area (Å²) in [6.07, 6.45) is 2.44. The second kappa shape index (κ2) is 7.07. The minimum Gasteiger partial charge on any atom is -0.448 e. The van der Waals surface area contributed by atoms with E-state index >= 15 is 0 Å². The number of carbonyl (C=O) groups is 2. The first-order valence-electron chi connectivity index (χ1n) is 6.91. The molecule has 0 aliphatic rings. The quantitative estimate of drug-likeness (QED) is 0.867. The maximum absolute atomic E-state index is 12.1. The molecule has 1 aromatic rings. The smallest absolute Gasteiger partial charge is 0.303 e. The van der Waals surface area contributed by atoms with E-state index in [4.69, 9.17) is 4.74 Å². The van der Waals surface area contributed by atoms with Gasteiger partial charge in [-0.25, -0.2) is 0 Å². The van der Waals surface area contributed by atoms with E-state index in [1.807, 2.05) is 52.0 Å². The summed E-state index contributed by atoms with van der Waals surface area (Å²) in [7, 11) is 0. The number of esters is 1. The van der Waals surface area contributed by atoms with E-state index in [1.165, 1.54) is 6.92 Å². The van der Waals surface area contributed by atoms with Gasteiger partial charge in [-0.3, -0.25) is 9.59 Å².